The first kappa shape index (κ1) is 15.7. The Morgan fingerprint density at radius 3 is 2.86 bits per heavy atom. The van der Waals surface area contributed by atoms with Crippen molar-refractivity contribution in [3.05, 3.63) is 35.4 Å². The molecule has 116 valence electrons. The first-order valence-corrected chi connectivity index (χ1v) is 7.49. The zero-order valence-corrected chi connectivity index (χ0v) is 12.6. The molecule has 0 bridgehead atoms. The van der Waals surface area contributed by atoms with Gasteiger partial charge in [0, 0.05) is 25.2 Å². The first-order valence-electron chi connectivity index (χ1n) is 7.49. The second-order valence-electron chi connectivity index (χ2n) is 5.77. The lowest BCUT2D eigenvalue weighted by atomic mass is 9.87. The third-order valence-electron chi connectivity index (χ3n) is 3.95. The smallest absolute Gasteiger partial charge is 0.191 e. The Labute approximate surface area is 124 Å². The fourth-order valence-electron chi connectivity index (χ4n) is 2.81. The second kappa shape index (κ2) is 7.38. The molecule has 2 N–H and O–H groups in total. The van der Waals surface area contributed by atoms with Crippen LogP contribution in [-0.4, -0.2) is 19.0 Å². The van der Waals surface area contributed by atoms with Crippen molar-refractivity contribution in [2.45, 2.75) is 45.2 Å². The summed E-state index contributed by atoms with van der Waals surface area (Å²) in [6.07, 6.45) is 4.74. The van der Waals surface area contributed by atoms with Crippen LogP contribution in [0.15, 0.2) is 23.2 Å². The molecule has 1 aliphatic rings. The van der Waals surface area contributed by atoms with Gasteiger partial charge in [0.2, 0.25) is 0 Å². The Morgan fingerprint density at radius 1 is 1.33 bits per heavy atom. The Bertz CT molecular complexity index is 502. The Hall–Kier alpha value is -1.65. The lowest BCUT2D eigenvalue weighted by Gasteiger charge is -2.28. The molecule has 0 amide bonds. The maximum absolute atomic E-state index is 13.6. The van der Waals surface area contributed by atoms with Crippen LogP contribution in [-0.2, 0) is 6.54 Å². The van der Waals surface area contributed by atoms with Crippen LogP contribution in [0, 0.1) is 17.6 Å². The van der Waals surface area contributed by atoms with Crippen molar-refractivity contribution in [1.29, 1.82) is 0 Å². The lowest BCUT2D eigenvalue weighted by Crippen LogP contribution is -2.44. The van der Waals surface area contributed by atoms with Gasteiger partial charge in [0.15, 0.2) is 5.96 Å². The monoisotopic (exact) mass is 295 g/mol. The van der Waals surface area contributed by atoms with Crippen molar-refractivity contribution in [3.8, 4) is 0 Å². The number of benzene rings is 1. The van der Waals surface area contributed by atoms with Gasteiger partial charge in [0.05, 0.1) is 0 Å². The SMILES string of the molecule is CN=C(NCc1cc(F)ccc1F)NC1CCCC(C)C1. The molecule has 1 aromatic carbocycles. The van der Waals surface area contributed by atoms with Gasteiger partial charge >= 0.3 is 0 Å². The Morgan fingerprint density at radius 2 is 2.14 bits per heavy atom. The molecule has 0 heterocycles. The van der Waals surface area contributed by atoms with E-state index in [0.29, 0.717) is 17.6 Å². The molecule has 1 saturated carbocycles. The van der Waals surface area contributed by atoms with Gasteiger partial charge in [-0.05, 0) is 37.0 Å². The van der Waals surface area contributed by atoms with Gasteiger partial charge in [-0.1, -0.05) is 19.8 Å². The highest BCUT2D eigenvalue weighted by molar-refractivity contribution is 5.79. The van der Waals surface area contributed by atoms with E-state index in [1.165, 1.54) is 18.9 Å². The summed E-state index contributed by atoms with van der Waals surface area (Å²) in [4.78, 5) is 4.15. The maximum Gasteiger partial charge on any atom is 0.191 e. The second-order valence-corrected chi connectivity index (χ2v) is 5.77. The number of halogens is 2. The average Bonchev–Trinajstić information content (AvgIpc) is 2.46. The molecule has 0 aromatic heterocycles. The molecule has 1 fully saturated rings. The first-order chi connectivity index (χ1) is 10.1. The number of hydrogen-bond donors (Lipinski definition) is 2. The van der Waals surface area contributed by atoms with Gasteiger partial charge in [-0.15, -0.1) is 0 Å². The minimum atomic E-state index is -0.433. The van der Waals surface area contributed by atoms with E-state index in [9.17, 15) is 8.78 Å². The zero-order chi connectivity index (χ0) is 15.2. The maximum atomic E-state index is 13.6. The predicted octanol–water partition coefficient (Wildman–Crippen LogP) is 3.21. The topological polar surface area (TPSA) is 36.4 Å². The quantitative estimate of drug-likeness (QED) is 0.663. The van der Waals surface area contributed by atoms with Crippen molar-refractivity contribution in [1.82, 2.24) is 10.6 Å². The van der Waals surface area contributed by atoms with E-state index < -0.39 is 11.6 Å². The summed E-state index contributed by atoms with van der Waals surface area (Å²) in [5.74, 6) is 0.510. The number of hydrogen-bond acceptors (Lipinski definition) is 1. The van der Waals surface area contributed by atoms with E-state index >= 15 is 0 Å². The van der Waals surface area contributed by atoms with Gasteiger partial charge < -0.3 is 10.6 Å². The molecule has 1 aliphatic carbocycles. The third kappa shape index (κ3) is 4.69. The highest BCUT2D eigenvalue weighted by Gasteiger charge is 2.19. The number of guanidine groups is 1. The van der Waals surface area contributed by atoms with Crippen LogP contribution >= 0.6 is 0 Å². The molecule has 3 nitrogen and oxygen atoms in total. The summed E-state index contributed by atoms with van der Waals surface area (Å²) >= 11 is 0. The van der Waals surface area contributed by atoms with E-state index in [1.54, 1.807) is 7.05 Å². The summed E-state index contributed by atoms with van der Waals surface area (Å²) in [6.45, 7) is 2.47. The van der Waals surface area contributed by atoms with Gasteiger partial charge in [-0.25, -0.2) is 8.78 Å². The fourth-order valence-corrected chi connectivity index (χ4v) is 2.81. The van der Waals surface area contributed by atoms with E-state index in [2.05, 4.69) is 22.5 Å². The Kier molecular flexibility index (Phi) is 5.53. The zero-order valence-electron chi connectivity index (χ0n) is 12.6. The van der Waals surface area contributed by atoms with Crippen LogP contribution in [0.5, 0.6) is 0 Å². The number of nitrogens with one attached hydrogen (secondary N) is 2. The standard InChI is InChI=1S/C16H23F2N3/c1-11-4-3-5-14(8-11)21-16(19-2)20-10-12-9-13(17)6-7-15(12)18/h6-7,9,11,14H,3-5,8,10H2,1-2H3,(H2,19,20,21). The van der Waals surface area contributed by atoms with Gasteiger partial charge in [-0.3, -0.25) is 4.99 Å². The van der Waals surface area contributed by atoms with Gasteiger partial charge in [0.25, 0.3) is 0 Å². The molecular formula is C16H23F2N3. The highest BCUT2D eigenvalue weighted by Crippen LogP contribution is 2.23. The predicted molar refractivity (Wildman–Crippen MR) is 81.1 cm³/mol. The highest BCUT2D eigenvalue weighted by atomic mass is 19.1. The van der Waals surface area contributed by atoms with Crippen molar-refractivity contribution in [3.63, 3.8) is 0 Å². The van der Waals surface area contributed by atoms with Crippen LogP contribution in [0.25, 0.3) is 0 Å². The van der Waals surface area contributed by atoms with Gasteiger partial charge in [-0.2, -0.15) is 0 Å². The summed E-state index contributed by atoms with van der Waals surface area (Å²) in [5.41, 5.74) is 0.301. The van der Waals surface area contributed by atoms with Crippen molar-refractivity contribution < 1.29 is 8.78 Å². The minimum Gasteiger partial charge on any atom is -0.354 e. The van der Waals surface area contributed by atoms with Crippen molar-refractivity contribution in [2.24, 2.45) is 10.9 Å². The normalized spacial score (nSPS) is 23.0. The molecule has 1 aromatic rings. The molecule has 2 unspecified atom stereocenters. The van der Waals surface area contributed by atoms with Crippen LogP contribution in [0.2, 0.25) is 0 Å². The summed E-state index contributed by atoms with van der Waals surface area (Å²) in [7, 11) is 1.68. The fraction of sp³-hybridized carbons (Fsp3) is 0.562. The molecule has 2 rings (SSSR count). The summed E-state index contributed by atoms with van der Waals surface area (Å²) in [6, 6.07) is 3.87. The van der Waals surface area contributed by atoms with E-state index in [-0.39, 0.29) is 6.54 Å². The molecular weight excluding hydrogens is 272 g/mol. The van der Waals surface area contributed by atoms with E-state index in [1.807, 2.05) is 0 Å². The van der Waals surface area contributed by atoms with Crippen molar-refractivity contribution >= 4 is 5.96 Å². The largest absolute Gasteiger partial charge is 0.354 e. The summed E-state index contributed by atoms with van der Waals surface area (Å²) in [5, 5.41) is 6.41. The van der Waals surface area contributed by atoms with E-state index in [0.717, 1.165) is 30.9 Å². The van der Waals surface area contributed by atoms with E-state index in [4.69, 9.17) is 0 Å². The van der Waals surface area contributed by atoms with Crippen LogP contribution < -0.4 is 10.6 Å². The van der Waals surface area contributed by atoms with Crippen LogP contribution in [0.4, 0.5) is 8.78 Å². The summed E-state index contributed by atoms with van der Waals surface area (Å²) < 4.78 is 26.7. The number of aliphatic imine (C=N–C) groups is 1. The molecule has 0 spiro atoms. The minimum absolute atomic E-state index is 0.214. The average molecular weight is 295 g/mol. The van der Waals surface area contributed by atoms with Crippen LogP contribution in [0.1, 0.15) is 38.2 Å². The number of rotatable bonds is 3. The van der Waals surface area contributed by atoms with Gasteiger partial charge in [0.1, 0.15) is 11.6 Å². The third-order valence-corrected chi connectivity index (χ3v) is 3.95. The lowest BCUT2D eigenvalue weighted by molar-refractivity contribution is 0.324. The molecule has 2 atom stereocenters. The van der Waals surface area contributed by atoms with Crippen LogP contribution in [0.3, 0.4) is 0 Å². The molecule has 21 heavy (non-hydrogen) atoms. The molecule has 0 aliphatic heterocycles. The Balaban J connectivity index is 1.89. The van der Waals surface area contributed by atoms with Crippen molar-refractivity contribution in [2.75, 3.05) is 7.05 Å². The molecule has 0 saturated heterocycles. The molecule has 5 heteroatoms. The molecule has 0 radical (unpaired) electrons. The number of nitrogens with zero attached hydrogens (tertiary/aromatic N) is 1.